The van der Waals surface area contributed by atoms with Gasteiger partial charge in [0.2, 0.25) is 5.88 Å². The molecule has 3 rings (SSSR count). The smallest absolute Gasteiger partial charge is 0.223 e. The van der Waals surface area contributed by atoms with Gasteiger partial charge in [0.15, 0.2) is 0 Å². The quantitative estimate of drug-likeness (QED) is 0.903. The van der Waals surface area contributed by atoms with E-state index in [2.05, 4.69) is 10.3 Å². The molecule has 1 heterocycles. The van der Waals surface area contributed by atoms with E-state index in [0.29, 0.717) is 17.7 Å². The lowest BCUT2D eigenvalue weighted by molar-refractivity contribution is 0.445. The Morgan fingerprint density at radius 1 is 1.35 bits per heavy atom. The van der Waals surface area contributed by atoms with Gasteiger partial charge in [0, 0.05) is 30.4 Å². The van der Waals surface area contributed by atoms with Crippen LogP contribution in [0.1, 0.15) is 24.0 Å². The van der Waals surface area contributed by atoms with Crippen LogP contribution in [0, 0.1) is 12.7 Å². The monoisotopic (exact) mass is 272 g/mol. The molecular weight excluding hydrogens is 255 g/mol. The van der Waals surface area contributed by atoms with E-state index in [9.17, 15) is 4.39 Å². The van der Waals surface area contributed by atoms with Crippen molar-refractivity contribution < 1.29 is 9.13 Å². The lowest BCUT2D eigenvalue weighted by Gasteiger charge is -2.12. The Bertz CT molecular complexity index is 611. The van der Waals surface area contributed by atoms with E-state index in [1.54, 1.807) is 12.3 Å². The summed E-state index contributed by atoms with van der Waals surface area (Å²) in [6.45, 7) is 2.61. The number of nitrogens with zero attached hydrogens (tertiary/aromatic N) is 1. The van der Waals surface area contributed by atoms with Gasteiger partial charge in [-0.25, -0.2) is 9.37 Å². The Labute approximate surface area is 117 Å². The fourth-order valence-electron chi connectivity index (χ4n) is 1.98. The molecule has 1 N–H and O–H groups in total. The summed E-state index contributed by atoms with van der Waals surface area (Å²) < 4.78 is 19.1. The molecule has 0 unspecified atom stereocenters. The van der Waals surface area contributed by atoms with Gasteiger partial charge < -0.3 is 10.1 Å². The molecule has 1 aliphatic carbocycles. The lowest BCUT2D eigenvalue weighted by Crippen LogP contribution is -2.16. The van der Waals surface area contributed by atoms with Crippen LogP contribution in [-0.4, -0.2) is 11.0 Å². The van der Waals surface area contributed by atoms with E-state index in [1.807, 2.05) is 19.1 Å². The van der Waals surface area contributed by atoms with Gasteiger partial charge in [-0.15, -0.1) is 0 Å². The van der Waals surface area contributed by atoms with Crippen LogP contribution < -0.4 is 10.1 Å². The maximum atomic E-state index is 13.3. The van der Waals surface area contributed by atoms with Crippen molar-refractivity contribution in [3.8, 4) is 11.6 Å². The van der Waals surface area contributed by atoms with Crippen LogP contribution in [0.25, 0.3) is 0 Å². The summed E-state index contributed by atoms with van der Waals surface area (Å²) in [6, 6.07) is 9.01. The summed E-state index contributed by atoms with van der Waals surface area (Å²) in [6.07, 6.45) is 4.16. The van der Waals surface area contributed by atoms with Crippen molar-refractivity contribution in [2.75, 3.05) is 0 Å². The molecule has 1 fully saturated rings. The van der Waals surface area contributed by atoms with E-state index in [-0.39, 0.29) is 5.82 Å². The highest BCUT2D eigenvalue weighted by atomic mass is 19.1. The largest absolute Gasteiger partial charge is 0.438 e. The highest BCUT2D eigenvalue weighted by molar-refractivity contribution is 5.37. The second kappa shape index (κ2) is 5.59. The van der Waals surface area contributed by atoms with Gasteiger partial charge in [-0.2, -0.15) is 0 Å². The van der Waals surface area contributed by atoms with Crippen molar-refractivity contribution in [2.45, 2.75) is 32.4 Å². The fourth-order valence-corrected chi connectivity index (χ4v) is 1.98. The first-order chi connectivity index (χ1) is 9.72. The first kappa shape index (κ1) is 13.1. The number of rotatable bonds is 5. The van der Waals surface area contributed by atoms with Gasteiger partial charge in [0.1, 0.15) is 11.6 Å². The molecule has 104 valence electrons. The molecule has 0 saturated heterocycles. The van der Waals surface area contributed by atoms with Crippen LogP contribution in [0.2, 0.25) is 0 Å². The summed E-state index contributed by atoms with van der Waals surface area (Å²) in [7, 11) is 0. The summed E-state index contributed by atoms with van der Waals surface area (Å²) >= 11 is 0. The van der Waals surface area contributed by atoms with Crippen LogP contribution in [0.3, 0.4) is 0 Å². The van der Waals surface area contributed by atoms with E-state index in [0.717, 1.165) is 17.7 Å². The average Bonchev–Trinajstić information content (AvgIpc) is 3.26. The summed E-state index contributed by atoms with van der Waals surface area (Å²) in [5, 5.41) is 3.43. The minimum Gasteiger partial charge on any atom is -0.438 e. The Balaban J connectivity index is 1.80. The normalized spacial score (nSPS) is 14.3. The molecule has 1 aromatic carbocycles. The van der Waals surface area contributed by atoms with E-state index < -0.39 is 0 Å². The second-order valence-corrected chi connectivity index (χ2v) is 5.13. The third-order valence-electron chi connectivity index (χ3n) is 3.37. The number of aryl methyl sites for hydroxylation is 1. The molecule has 20 heavy (non-hydrogen) atoms. The van der Waals surface area contributed by atoms with Gasteiger partial charge in [0.25, 0.3) is 0 Å². The first-order valence-corrected chi connectivity index (χ1v) is 6.83. The maximum Gasteiger partial charge on any atom is 0.223 e. The van der Waals surface area contributed by atoms with Gasteiger partial charge in [-0.1, -0.05) is 12.1 Å². The molecule has 4 heteroatoms. The zero-order valence-corrected chi connectivity index (χ0v) is 11.4. The zero-order chi connectivity index (χ0) is 13.9. The predicted octanol–water partition coefficient (Wildman–Crippen LogP) is 3.57. The number of hydrogen-bond acceptors (Lipinski definition) is 3. The number of aromatic nitrogens is 1. The van der Waals surface area contributed by atoms with Crippen LogP contribution in [0.4, 0.5) is 4.39 Å². The molecule has 1 aliphatic rings. The van der Waals surface area contributed by atoms with Crippen molar-refractivity contribution in [2.24, 2.45) is 0 Å². The SMILES string of the molecule is Cc1ccc(F)cc1Oc1ncccc1CNC1CC1. The summed E-state index contributed by atoms with van der Waals surface area (Å²) in [5.74, 6) is 0.741. The molecule has 0 atom stereocenters. The van der Waals surface area contributed by atoms with E-state index in [4.69, 9.17) is 4.74 Å². The minimum atomic E-state index is -0.306. The standard InChI is InChI=1S/C16H17FN2O/c1-11-4-5-13(17)9-15(11)20-16-12(3-2-8-18-16)10-19-14-6-7-14/h2-5,8-9,14,19H,6-7,10H2,1H3. The first-order valence-electron chi connectivity index (χ1n) is 6.83. The van der Waals surface area contributed by atoms with Gasteiger partial charge in [-0.05, 0) is 37.5 Å². The molecule has 1 saturated carbocycles. The molecule has 1 aromatic heterocycles. The van der Waals surface area contributed by atoms with Crippen molar-refractivity contribution in [3.63, 3.8) is 0 Å². The van der Waals surface area contributed by atoms with Crippen LogP contribution >= 0.6 is 0 Å². The third kappa shape index (κ3) is 3.14. The second-order valence-electron chi connectivity index (χ2n) is 5.13. The van der Waals surface area contributed by atoms with Crippen molar-refractivity contribution in [1.29, 1.82) is 0 Å². The third-order valence-corrected chi connectivity index (χ3v) is 3.37. The molecule has 0 bridgehead atoms. The molecule has 0 amide bonds. The molecule has 0 radical (unpaired) electrons. The maximum absolute atomic E-state index is 13.3. The predicted molar refractivity (Wildman–Crippen MR) is 75.3 cm³/mol. The van der Waals surface area contributed by atoms with Crippen molar-refractivity contribution in [3.05, 3.63) is 53.5 Å². The van der Waals surface area contributed by atoms with Crippen molar-refractivity contribution >= 4 is 0 Å². The van der Waals surface area contributed by atoms with Crippen LogP contribution in [0.5, 0.6) is 11.6 Å². The summed E-state index contributed by atoms with van der Waals surface area (Å²) in [5.41, 5.74) is 1.88. The summed E-state index contributed by atoms with van der Waals surface area (Å²) in [4.78, 5) is 4.26. The minimum absolute atomic E-state index is 0.306. The Kier molecular flexibility index (Phi) is 3.65. The van der Waals surface area contributed by atoms with Gasteiger partial charge in [0.05, 0.1) is 0 Å². The molecular formula is C16H17FN2O. The fraction of sp³-hybridized carbons (Fsp3) is 0.312. The zero-order valence-electron chi connectivity index (χ0n) is 11.4. The number of pyridine rings is 1. The molecule has 3 nitrogen and oxygen atoms in total. The molecule has 2 aromatic rings. The number of benzene rings is 1. The number of nitrogens with one attached hydrogen (secondary N) is 1. The van der Waals surface area contributed by atoms with Crippen LogP contribution in [0.15, 0.2) is 36.5 Å². The topological polar surface area (TPSA) is 34.1 Å². The number of hydrogen-bond donors (Lipinski definition) is 1. The number of halogens is 1. The average molecular weight is 272 g/mol. The van der Waals surface area contributed by atoms with Gasteiger partial charge >= 0.3 is 0 Å². The molecule has 0 aliphatic heterocycles. The Hall–Kier alpha value is -1.94. The Morgan fingerprint density at radius 3 is 3.00 bits per heavy atom. The van der Waals surface area contributed by atoms with Crippen LogP contribution in [-0.2, 0) is 6.54 Å². The van der Waals surface area contributed by atoms with Gasteiger partial charge in [-0.3, -0.25) is 0 Å². The van der Waals surface area contributed by atoms with Crippen molar-refractivity contribution in [1.82, 2.24) is 10.3 Å². The molecule has 0 spiro atoms. The number of ether oxygens (including phenoxy) is 1. The highest BCUT2D eigenvalue weighted by Gasteiger charge is 2.20. The lowest BCUT2D eigenvalue weighted by atomic mass is 10.2. The van der Waals surface area contributed by atoms with E-state index >= 15 is 0 Å². The highest BCUT2D eigenvalue weighted by Crippen LogP contribution is 2.27. The Morgan fingerprint density at radius 2 is 2.20 bits per heavy atom. The van der Waals surface area contributed by atoms with E-state index in [1.165, 1.54) is 25.0 Å².